The van der Waals surface area contributed by atoms with Crippen LogP contribution >= 0.6 is 0 Å². The average molecular weight is 308 g/mol. The van der Waals surface area contributed by atoms with Crippen molar-refractivity contribution in [2.75, 3.05) is 0 Å². The molecule has 0 radical (unpaired) electrons. The number of aryl methyl sites for hydroxylation is 2. The summed E-state index contributed by atoms with van der Waals surface area (Å²) < 4.78 is 4.21. The third kappa shape index (κ3) is 2.63. The van der Waals surface area contributed by atoms with Crippen molar-refractivity contribution in [3.63, 3.8) is 0 Å². The first-order valence-corrected chi connectivity index (χ1v) is 8.03. The second-order valence-electron chi connectivity index (χ2n) is 6.26. The summed E-state index contributed by atoms with van der Waals surface area (Å²) in [4.78, 5) is 16.8. The molecule has 1 amide bonds. The Morgan fingerprint density at radius 2 is 2.26 bits per heavy atom. The van der Waals surface area contributed by atoms with E-state index in [1.165, 1.54) is 0 Å². The van der Waals surface area contributed by atoms with Crippen LogP contribution in [0.25, 0.3) is 10.9 Å². The number of nitrogens with one attached hydrogen (secondary N) is 1. The molecule has 0 fully saturated rings. The van der Waals surface area contributed by atoms with Gasteiger partial charge in [-0.1, -0.05) is 18.2 Å². The Bertz CT molecular complexity index is 861. The molecule has 1 aliphatic rings. The number of carbonyl (C=O) groups excluding carboxylic acids is 1. The molecule has 5 heteroatoms. The first-order chi connectivity index (χ1) is 11.2. The molecule has 1 N–H and O–H groups in total. The molecule has 4 rings (SSSR count). The number of imidazole rings is 1. The van der Waals surface area contributed by atoms with Crippen molar-refractivity contribution in [3.05, 3.63) is 54.2 Å². The number of rotatable bonds is 3. The van der Waals surface area contributed by atoms with Crippen LogP contribution in [0.3, 0.4) is 0 Å². The smallest absolute Gasteiger partial charge is 0.224 e. The van der Waals surface area contributed by atoms with E-state index in [9.17, 15) is 4.79 Å². The van der Waals surface area contributed by atoms with E-state index >= 15 is 0 Å². The van der Waals surface area contributed by atoms with Crippen LogP contribution in [0.4, 0.5) is 0 Å². The molecule has 3 aromatic rings. The lowest BCUT2D eigenvalue weighted by molar-refractivity contribution is -0.121. The van der Waals surface area contributed by atoms with E-state index in [2.05, 4.69) is 37.8 Å². The number of hydrogen-bond donors (Lipinski definition) is 1. The Balaban J connectivity index is 1.46. The molecule has 0 aliphatic carbocycles. The van der Waals surface area contributed by atoms with E-state index in [-0.39, 0.29) is 11.9 Å². The van der Waals surface area contributed by atoms with Crippen LogP contribution in [-0.2, 0) is 31.2 Å². The van der Waals surface area contributed by atoms with Gasteiger partial charge in [0, 0.05) is 55.5 Å². The number of fused-ring (bicyclic) bond motifs is 2. The van der Waals surface area contributed by atoms with Crippen LogP contribution in [0.5, 0.6) is 0 Å². The van der Waals surface area contributed by atoms with E-state index < -0.39 is 0 Å². The molecule has 1 aliphatic heterocycles. The lowest BCUT2D eigenvalue weighted by Gasteiger charge is -2.24. The topological polar surface area (TPSA) is 51.9 Å². The maximum Gasteiger partial charge on any atom is 0.224 e. The number of para-hydroxylation sites is 1. The molecular formula is C18H20N4O. The van der Waals surface area contributed by atoms with Crippen LogP contribution in [0.1, 0.15) is 17.8 Å². The molecule has 118 valence electrons. The minimum absolute atomic E-state index is 0.0925. The molecule has 0 bridgehead atoms. The molecule has 0 unspecified atom stereocenters. The number of hydrogen-bond acceptors (Lipinski definition) is 2. The minimum atomic E-state index is 0.0925. The van der Waals surface area contributed by atoms with Crippen molar-refractivity contribution >= 4 is 16.8 Å². The summed E-state index contributed by atoms with van der Waals surface area (Å²) in [5.74, 6) is 1.21. The van der Waals surface area contributed by atoms with Crippen molar-refractivity contribution in [3.8, 4) is 0 Å². The lowest BCUT2D eigenvalue weighted by atomic mass is 10.1. The van der Waals surface area contributed by atoms with E-state index in [0.717, 1.165) is 41.7 Å². The molecule has 2 aromatic heterocycles. The molecule has 0 spiro atoms. The summed E-state index contributed by atoms with van der Waals surface area (Å²) in [5.41, 5.74) is 2.25. The highest BCUT2D eigenvalue weighted by Crippen LogP contribution is 2.21. The van der Waals surface area contributed by atoms with Gasteiger partial charge in [-0.2, -0.15) is 0 Å². The highest BCUT2D eigenvalue weighted by molar-refractivity contribution is 5.89. The maximum absolute atomic E-state index is 12.4. The van der Waals surface area contributed by atoms with E-state index in [1.807, 2.05) is 31.6 Å². The Labute approximate surface area is 134 Å². The summed E-state index contributed by atoms with van der Waals surface area (Å²) in [6.45, 7) is 0.816. The van der Waals surface area contributed by atoms with Gasteiger partial charge in [-0.15, -0.1) is 0 Å². The van der Waals surface area contributed by atoms with Gasteiger partial charge in [-0.25, -0.2) is 4.98 Å². The zero-order chi connectivity index (χ0) is 15.8. The molecular weight excluding hydrogens is 288 g/mol. The van der Waals surface area contributed by atoms with Gasteiger partial charge in [-0.3, -0.25) is 4.79 Å². The third-order valence-corrected chi connectivity index (χ3v) is 4.63. The Hall–Kier alpha value is -2.56. The van der Waals surface area contributed by atoms with Crippen molar-refractivity contribution in [2.45, 2.75) is 31.8 Å². The molecule has 1 atom stereocenters. The van der Waals surface area contributed by atoms with E-state index in [0.29, 0.717) is 6.42 Å². The highest BCUT2D eigenvalue weighted by Gasteiger charge is 2.20. The quantitative estimate of drug-likeness (QED) is 0.805. The molecule has 1 aromatic carbocycles. The Kier molecular flexibility index (Phi) is 3.41. The monoisotopic (exact) mass is 308 g/mol. The highest BCUT2D eigenvalue weighted by atomic mass is 16.1. The Morgan fingerprint density at radius 1 is 1.39 bits per heavy atom. The largest absolute Gasteiger partial charge is 0.351 e. The number of carbonyl (C=O) groups is 1. The summed E-state index contributed by atoms with van der Waals surface area (Å²) >= 11 is 0. The first-order valence-electron chi connectivity index (χ1n) is 8.03. The van der Waals surface area contributed by atoms with Crippen molar-refractivity contribution < 1.29 is 4.79 Å². The molecule has 0 saturated carbocycles. The van der Waals surface area contributed by atoms with Gasteiger partial charge in [0.15, 0.2) is 0 Å². The fourth-order valence-corrected chi connectivity index (χ4v) is 3.50. The fraction of sp³-hybridized carbons (Fsp3) is 0.333. The van der Waals surface area contributed by atoms with Gasteiger partial charge in [0.25, 0.3) is 0 Å². The SMILES string of the molecule is Cn1cc(CC(=O)N[C@H]2CCc3nccn3C2)c2ccccc21. The summed E-state index contributed by atoms with van der Waals surface area (Å²) in [6, 6.07) is 8.40. The van der Waals surface area contributed by atoms with Crippen LogP contribution < -0.4 is 5.32 Å². The Morgan fingerprint density at radius 3 is 3.17 bits per heavy atom. The average Bonchev–Trinajstić information content (AvgIpc) is 3.12. The normalized spacial score (nSPS) is 17.2. The molecule has 23 heavy (non-hydrogen) atoms. The number of amides is 1. The van der Waals surface area contributed by atoms with Gasteiger partial charge in [-0.05, 0) is 18.1 Å². The zero-order valence-electron chi connectivity index (χ0n) is 13.2. The van der Waals surface area contributed by atoms with Crippen LogP contribution in [0.2, 0.25) is 0 Å². The number of aromatic nitrogens is 3. The van der Waals surface area contributed by atoms with Gasteiger partial charge >= 0.3 is 0 Å². The van der Waals surface area contributed by atoms with E-state index in [4.69, 9.17) is 0 Å². The van der Waals surface area contributed by atoms with Crippen molar-refractivity contribution in [1.82, 2.24) is 19.4 Å². The van der Waals surface area contributed by atoms with Crippen molar-refractivity contribution in [1.29, 1.82) is 0 Å². The lowest BCUT2D eigenvalue weighted by Crippen LogP contribution is -2.41. The zero-order valence-corrected chi connectivity index (χ0v) is 13.2. The van der Waals surface area contributed by atoms with Crippen LogP contribution in [0.15, 0.2) is 42.9 Å². The molecule has 0 saturated heterocycles. The predicted octanol–water partition coefficient (Wildman–Crippen LogP) is 2.05. The first kappa shape index (κ1) is 14.1. The summed E-state index contributed by atoms with van der Waals surface area (Å²) in [6.07, 6.45) is 8.17. The second-order valence-corrected chi connectivity index (χ2v) is 6.26. The molecule has 3 heterocycles. The van der Waals surface area contributed by atoms with Gasteiger partial charge in [0.05, 0.1) is 6.42 Å². The number of nitrogens with zero attached hydrogens (tertiary/aromatic N) is 3. The van der Waals surface area contributed by atoms with Crippen molar-refractivity contribution in [2.24, 2.45) is 7.05 Å². The molecule has 5 nitrogen and oxygen atoms in total. The third-order valence-electron chi connectivity index (χ3n) is 4.63. The van der Waals surface area contributed by atoms with Gasteiger partial charge in [0.1, 0.15) is 5.82 Å². The standard InChI is InChI=1S/C18H20N4O/c1-21-11-13(15-4-2-3-5-16(15)21)10-18(23)20-14-6-7-17-19-8-9-22(17)12-14/h2-5,8-9,11,14H,6-7,10,12H2,1H3,(H,20,23)/t14-/m0/s1. The minimum Gasteiger partial charge on any atom is -0.351 e. The number of benzene rings is 1. The van der Waals surface area contributed by atoms with Crippen LogP contribution in [-0.4, -0.2) is 26.1 Å². The predicted molar refractivity (Wildman–Crippen MR) is 89.1 cm³/mol. The fourth-order valence-electron chi connectivity index (χ4n) is 3.50. The van der Waals surface area contributed by atoms with Gasteiger partial charge < -0.3 is 14.5 Å². The summed E-state index contributed by atoms with van der Waals surface area (Å²) in [7, 11) is 2.02. The van der Waals surface area contributed by atoms with Gasteiger partial charge in [0.2, 0.25) is 5.91 Å². The van der Waals surface area contributed by atoms with Crippen LogP contribution in [0, 0.1) is 0 Å². The summed E-state index contributed by atoms with van der Waals surface area (Å²) in [5, 5.41) is 4.33. The second kappa shape index (κ2) is 5.57. The maximum atomic E-state index is 12.4. The van der Waals surface area contributed by atoms with E-state index in [1.54, 1.807) is 0 Å².